The molecule has 0 atom stereocenters. The number of esters is 2. The number of hydrogen-bond acceptors (Lipinski definition) is 9. The van der Waals surface area contributed by atoms with Crippen LogP contribution in [0.25, 0.3) is 17.2 Å². The molecule has 0 bridgehead atoms. The fourth-order valence-electron chi connectivity index (χ4n) is 2.38. The molecular formula is C18H20N6O5. The van der Waals surface area contributed by atoms with Gasteiger partial charge in [-0.3, -0.25) is 4.79 Å². The predicted molar refractivity (Wildman–Crippen MR) is 99.0 cm³/mol. The SMILES string of the molecule is COC(=O)c1nc(-c2cn(-c3ccc(C)cc3)nn2)n(COCCOC(C)=O)n1. The molecule has 0 saturated heterocycles. The second kappa shape index (κ2) is 9.06. The zero-order valence-corrected chi connectivity index (χ0v) is 16.2. The number of ether oxygens (including phenoxy) is 3. The maximum atomic E-state index is 11.8. The van der Waals surface area contributed by atoms with Gasteiger partial charge in [0.25, 0.3) is 5.82 Å². The van der Waals surface area contributed by atoms with E-state index in [-0.39, 0.29) is 31.6 Å². The van der Waals surface area contributed by atoms with Crippen molar-refractivity contribution in [3.63, 3.8) is 0 Å². The minimum Gasteiger partial charge on any atom is -0.463 e. The van der Waals surface area contributed by atoms with Crippen molar-refractivity contribution in [1.82, 2.24) is 29.8 Å². The Morgan fingerprint density at radius 2 is 1.90 bits per heavy atom. The summed E-state index contributed by atoms with van der Waals surface area (Å²) in [6.07, 6.45) is 1.67. The molecule has 29 heavy (non-hydrogen) atoms. The van der Waals surface area contributed by atoms with Crippen LogP contribution in [0.2, 0.25) is 0 Å². The van der Waals surface area contributed by atoms with Gasteiger partial charge in [-0.25, -0.2) is 14.2 Å². The highest BCUT2D eigenvalue weighted by molar-refractivity contribution is 5.85. The Hall–Kier alpha value is -3.60. The number of rotatable bonds is 8. The molecule has 0 amide bonds. The maximum absolute atomic E-state index is 11.8. The molecule has 3 rings (SSSR count). The third-order valence-electron chi connectivity index (χ3n) is 3.81. The predicted octanol–water partition coefficient (Wildman–Crippen LogP) is 1.16. The first-order valence-corrected chi connectivity index (χ1v) is 8.72. The van der Waals surface area contributed by atoms with Gasteiger partial charge in [-0.15, -0.1) is 10.2 Å². The van der Waals surface area contributed by atoms with E-state index in [0.717, 1.165) is 11.3 Å². The second-order valence-electron chi connectivity index (χ2n) is 6.01. The van der Waals surface area contributed by atoms with Gasteiger partial charge in [0.2, 0.25) is 0 Å². The fraction of sp³-hybridized carbons (Fsp3) is 0.333. The Labute approximate surface area is 166 Å². The van der Waals surface area contributed by atoms with Crippen molar-refractivity contribution in [2.45, 2.75) is 20.6 Å². The van der Waals surface area contributed by atoms with Gasteiger partial charge in [0.1, 0.15) is 13.3 Å². The fourth-order valence-corrected chi connectivity index (χ4v) is 2.38. The van der Waals surface area contributed by atoms with E-state index >= 15 is 0 Å². The highest BCUT2D eigenvalue weighted by Crippen LogP contribution is 2.17. The Bertz CT molecular complexity index is 995. The molecule has 0 spiro atoms. The minimum absolute atomic E-state index is 0.0298. The van der Waals surface area contributed by atoms with Gasteiger partial charge in [-0.1, -0.05) is 22.9 Å². The highest BCUT2D eigenvalue weighted by Gasteiger charge is 2.20. The maximum Gasteiger partial charge on any atom is 0.377 e. The first kappa shape index (κ1) is 20.1. The number of carbonyl (C=O) groups excluding carboxylic acids is 2. The van der Waals surface area contributed by atoms with E-state index in [2.05, 4.69) is 25.1 Å². The molecule has 0 aliphatic heterocycles. The van der Waals surface area contributed by atoms with E-state index < -0.39 is 11.9 Å². The summed E-state index contributed by atoms with van der Waals surface area (Å²) in [7, 11) is 1.24. The number of aryl methyl sites for hydroxylation is 1. The largest absolute Gasteiger partial charge is 0.463 e. The van der Waals surface area contributed by atoms with Crippen molar-refractivity contribution < 1.29 is 23.8 Å². The lowest BCUT2D eigenvalue weighted by molar-refractivity contribution is -0.142. The number of aromatic nitrogens is 6. The van der Waals surface area contributed by atoms with Gasteiger partial charge < -0.3 is 14.2 Å². The van der Waals surface area contributed by atoms with Crippen LogP contribution >= 0.6 is 0 Å². The number of hydrogen-bond donors (Lipinski definition) is 0. The lowest BCUT2D eigenvalue weighted by Crippen LogP contribution is -2.12. The van der Waals surface area contributed by atoms with Crippen LogP contribution in [-0.2, 0) is 25.7 Å². The smallest absolute Gasteiger partial charge is 0.377 e. The normalized spacial score (nSPS) is 10.7. The van der Waals surface area contributed by atoms with Gasteiger partial charge in [0.05, 0.1) is 25.6 Å². The van der Waals surface area contributed by atoms with Gasteiger partial charge >= 0.3 is 11.9 Å². The van der Waals surface area contributed by atoms with E-state index in [1.165, 1.54) is 18.7 Å². The molecule has 0 aliphatic carbocycles. The summed E-state index contributed by atoms with van der Waals surface area (Å²) in [5, 5.41) is 12.3. The molecular weight excluding hydrogens is 380 g/mol. The highest BCUT2D eigenvalue weighted by atomic mass is 16.6. The Balaban J connectivity index is 1.81. The second-order valence-corrected chi connectivity index (χ2v) is 6.01. The van der Waals surface area contributed by atoms with Gasteiger partial charge in [0.15, 0.2) is 11.5 Å². The molecule has 0 fully saturated rings. The molecule has 2 aromatic heterocycles. The molecule has 3 aromatic rings. The Morgan fingerprint density at radius 3 is 2.59 bits per heavy atom. The summed E-state index contributed by atoms with van der Waals surface area (Å²) in [6, 6.07) is 7.75. The van der Waals surface area contributed by atoms with Crippen LogP contribution in [0.3, 0.4) is 0 Å². The van der Waals surface area contributed by atoms with E-state index in [0.29, 0.717) is 5.69 Å². The molecule has 0 radical (unpaired) electrons. The lowest BCUT2D eigenvalue weighted by atomic mass is 10.2. The van der Waals surface area contributed by atoms with Crippen molar-refractivity contribution in [3.8, 4) is 17.2 Å². The van der Waals surface area contributed by atoms with Crippen LogP contribution < -0.4 is 0 Å². The van der Waals surface area contributed by atoms with Crippen LogP contribution in [0.5, 0.6) is 0 Å². The molecule has 2 heterocycles. The zero-order valence-electron chi connectivity index (χ0n) is 16.2. The van der Waals surface area contributed by atoms with E-state index in [9.17, 15) is 9.59 Å². The van der Waals surface area contributed by atoms with Gasteiger partial charge in [0, 0.05) is 6.92 Å². The molecule has 11 nitrogen and oxygen atoms in total. The molecule has 0 unspecified atom stereocenters. The van der Waals surface area contributed by atoms with Crippen molar-refractivity contribution in [3.05, 3.63) is 41.9 Å². The standard InChI is InChI=1S/C18H20N6O5/c1-12-4-6-14(7-5-12)23-10-15(20-22-23)17-19-16(18(26)27-3)21-24(17)11-28-8-9-29-13(2)25/h4-7,10H,8-9,11H2,1-3H3. The number of nitrogens with zero attached hydrogens (tertiary/aromatic N) is 6. The molecule has 0 saturated carbocycles. The van der Waals surface area contributed by atoms with E-state index in [4.69, 9.17) is 9.47 Å². The summed E-state index contributed by atoms with van der Waals surface area (Å²) in [6.45, 7) is 3.54. The summed E-state index contributed by atoms with van der Waals surface area (Å²) in [5.41, 5.74) is 2.35. The van der Waals surface area contributed by atoms with Crippen molar-refractivity contribution >= 4 is 11.9 Å². The molecule has 11 heteroatoms. The average Bonchev–Trinajstić information content (AvgIpc) is 3.34. The van der Waals surface area contributed by atoms with Crippen LogP contribution in [0, 0.1) is 6.92 Å². The number of methoxy groups -OCH3 is 1. The lowest BCUT2D eigenvalue weighted by Gasteiger charge is -2.06. The molecule has 152 valence electrons. The van der Waals surface area contributed by atoms with Gasteiger partial charge in [-0.05, 0) is 19.1 Å². The first-order valence-electron chi connectivity index (χ1n) is 8.72. The van der Waals surface area contributed by atoms with Crippen LogP contribution in [-0.4, -0.2) is 62.0 Å². The first-order chi connectivity index (χ1) is 14.0. The van der Waals surface area contributed by atoms with Crippen molar-refractivity contribution in [1.29, 1.82) is 0 Å². The third kappa shape index (κ3) is 5.02. The Kier molecular flexibility index (Phi) is 6.29. The zero-order chi connectivity index (χ0) is 20.8. The Morgan fingerprint density at radius 1 is 1.14 bits per heavy atom. The molecule has 0 aliphatic rings. The van der Waals surface area contributed by atoms with Crippen LogP contribution in [0.4, 0.5) is 0 Å². The molecule has 0 N–H and O–H groups in total. The quantitative estimate of drug-likeness (QED) is 0.405. The average molecular weight is 400 g/mol. The van der Waals surface area contributed by atoms with E-state index in [1.807, 2.05) is 31.2 Å². The van der Waals surface area contributed by atoms with Crippen molar-refractivity contribution in [2.75, 3.05) is 20.3 Å². The van der Waals surface area contributed by atoms with Crippen LogP contribution in [0.15, 0.2) is 30.5 Å². The minimum atomic E-state index is -0.684. The van der Waals surface area contributed by atoms with Gasteiger partial charge in [-0.2, -0.15) is 4.98 Å². The summed E-state index contributed by atoms with van der Waals surface area (Å²) >= 11 is 0. The molecule has 1 aromatic carbocycles. The number of carbonyl (C=O) groups is 2. The van der Waals surface area contributed by atoms with Crippen LogP contribution in [0.1, 0.15) is 23.1 Å². The van der Waals surface area contributed by atoms with Crippen molar-refractivity contribution in [2.24, 2.45) is 0 Å². The number of benzene rings is 1. The topological polar surface area (TPSA) is 123 Å². The monoisotopic (exact) mass is 400 g/mol. The summed E-state index contributed by atoms with van der Waals surface area (Å²) in [5.74, 6) is -0.918. The summed E-state index contributed by atoms with van der Waals surface area (Å²) in [4.78, 5) is 26.8. The van der Waals surface area contributed by atoms with E-state index in [1.54, 1.807) is 10.9 Å². The third-order valence-corrected chi connectivity index (χ3v) is 3.81. The summed E-state index contributed by atoms with van der Waals surface area (Å²) < 4.78 is 17.9.